The Hall–Kier alpha value is -4.57. The molecule has 42 heavy (non-hydrogen) atoms. The third kappa shape index (κ3) is 5.75. The summed E-state index contributed by atoms with van der Waals surface area (Å²) in [6.45, 7) is 4.30. The van der Waals surface area contributed by atoms with Gasteiger partial charge >= 0.3 is 5.97 Å². The summed E-state index contributed by atoms with van der Waals surface area (Å²) in [4.78, 5) is 68.0. The molecule has 0 radical (unpaired) electrons. The molecular weight excluding hydrogens is 536 g/mol. The van der Waals surface area contributed by atoms with Crippen LogP contribution in [-0.4, -0.2) is 76.2 Å². The molecule has 0 spiro atoms. The van der Waals surface area contributed by atoms with E-state index in [-0.39, 0.29) is 37.2 Å². The average molecular weight is 571 g/mol. The summed E-state index contributed by atoms with van der Waals surface area (Å²) in [7, 11) is 0. The van der Waals surface area contributed by atoms with Gasteiger partial charge in [-0.1, -0.05) is 68.4 Å². The molecule has 10 nitrogen and oxygen atoms in total. The Morgan fingerprint density at radius 1 is 0.929 bits per heavy atom. The first-order valence-corrected chi connectivity index (χ1v) is 14.2. The highest BCUT2D eigenvalue weighted by Gasteiger charge is 2.40. The fourth-order valence-corrected chi connectivity index (χ4v) is 5.74. The molecule has 218 valence electrons. The minimum Gasteiger partial charge on any atom is -0.480 e. The maximum Gasteiger partial charge on any atom is 0.320 e. The maximum absolute atomic E-state index is 13.9. The number of hydrogen-bond donors (Lipinski definition) is 3. The zero-order chi connectivity index (χ0) is 30.0. The number of benzene rings is 3. The van der Waals surface area contributed by atoms with E-state index in [1.165, 1.54) is 4.90 Å². The molecule has 10 heteroatoms. The van der Waals surface area contributed by atoms with Crippen LogP contribution in [-0.2, 0) is 14.4 Å². The second kappa shape index (κ2) is 12.1. The molecule has 3 aromatic rings. The van der Waals surface area contributed by atoms with Crippen molar-refractivity contribution in [2.45, 2.75) is 44.8 Å². The lowest BCUT2D eigenvalue weighted by Crippen LogP contribution is -2.59. The van der Waals surface area contributed by atoms with Gasteiger partial charge in [-0.05, 0) is 47.2 Å². The molecular formula is C32H34N4O6. The summed E-state index contributed by atoms with van der Waals surface area (Å²) in [6.07, 6.45) is 0.243. The molecule has 0 bridgehead atoms. The first-order valence-electron chi connectivity index (χ1n) is 14.2. The highest BCUT2D eigenvalue weighted by molar-refractivity contribution is 6.23. The van der Waals surface area contributed by atoms with Crippen LogP contribution < -0.4 is 10.6 Å². The largest absolute Gasteiger partial charge is 0.480 e. The molecule has 2 heterocycles. The van der Waals surface area contributed by atoms with Crippen molar-refractivity contribution < 1.29 is 29.1 Å². The number of carbonyl (C=O) groups excluding carboxylic acids is 4. The van der Waals surface area contributed by atoms with Gasteiger partial charge in [0.15, 0.2) is 0 Å². The van der Waals surface area contributed by atoms with Gasteiger partial charge in [-0.25, -0.2) is 0 Å². The van der Waals surface area contributed by atoms with E-state index in [0.717, 1.165) is 15.7 Å². The number of carboxylic acid groups (broad SMARTS) is 1. The molecule has 0 aromatic heterocycles. The number of aliphatic carboxylic acids is 1. The van der Waals surface area contributed by atoms with E-state index in [2.05, 4.69) is 10.6 Å². The van der Waals surface area contributed by atoms with Gasteiger partial charge < -0.3 is 15.3 Å². The first kappa shape index (κ1) is 28.9. The average Bonchev–Trinajstić information content (AvgIpc) is 3.20. The summed E-state index contributed by atoms with van der Waals surface area (Å²) in [5, 5.41) is 17.6. The van der Waals surface area contributed by atoms with Crippen LogP contribution in [0.5, 0.6) is 0 Å². The lowest BCUT2D eigenvalue weighted by Gasteiger charge is -2.38. The van der Waals surface area contributed by atoms with Crippen LogP contribution in [0.4, 0.5) is 0 Å². The minimum absolute atomic E-state index is 0.0417. The van der Waals surface area contributed by atoms with Crippen LogP contribution in [0.1, 0.15) is 59.0 Å². The maximum atomic E-state index is 13.9. The second-order valence-electron chi connectivity index (χ2n) is 11.2. The SMILES string of the molecule is CC(C)C[C@H](N[C@H](CCN1C(=O)c2cc3ccccc3cc2C1=O)C(=O)O)C(=O)N1CCNC(=O)C1c1ccccc1. The molecule has 1 saturated heterocycles. The molecule has 2 aliphatic rings. The number of fused-ring (bicyclic) bond motifs is 2. The third-order valence-electron chi connectivity index (χ3n) is 7.79. The van der Waals surface area contributed by atoms with E-state index < -0.39 is 35.9 Å². The van der Waals surface area contributed by atoms with Gasteiger partial charge in [0.25, 0.3) is 11.8 Å². The van der Waals surface area contributed by atoms with Crippen molar-refractivity contribution in [2.24, 2.45) is 5.92 Å². The van der Waals surface area contributed by atoms with Crippen molar-refractivity contribution >= 4 is 40.4 Å². The summed E-state index contributed by atoms with van der Waals surface area (Å²) in [5.74, 6) is -2.76. The molecule has 3 N–H and O–H groups in total. The number of nitrogens with one attached hydrogen (secondary N) is 2. The van der Waals surface area contributed by atoms with Gasteiger partial charge in [0, 0.05) is 19.6 Å². The number of nitrogens with zero attached hydrogens (tertiary/aromatic N) is 2. The minimum atomic E-state index is -1.21. The van der Waals surface area contributed by atoms with Crippen molar-refractivity contribution in [3.8, 4) is 0 Å². The van der Waals surface area contributed by atoms with E-state index in [1.807, 2.05) is 44.2 Å². The summed E-state index contributed by atoms with van der Waals surface area (Å²) < 4.78 is 0. The smallest absolute Gasteiger partial charge is 0.320 e. The lowest BCUT2D eigenvalue weighted by atomic mass is 9.97. The molecule has 4 amide bonds. The molecule has 1 fully saturated rings. The van der Waals surface area contributed by atoms with Crippen LogP contribution >= 0.6 is 0 Å². The number of piperazine rings is 1. The predicted octanol–water partition coefficient (Wildman–Crippen LogP) is 2.98. The van der Waals surface area contributed by atoms with Gasteiger partial charge in [0.1, 0.15) is 12.1 Å². The quantitative estimate of drug-likeness (QED) is 0.319. The van der Waals surface area contributed by atoms with Gasteiger partial charge in [-0.2, -0.15) is 0 Å². The zero-order valence-corrected chi connectivity index (χ0v) is 23.6. The van der Waals surface area contributed by atoms with Gasteiger partial charge in [-0.3, -0.25) is 34.2 Å². The van der Waals surface area contributed by atoms with E-state index in [0.29, 0.717) is 29.7 Å². The van der Waals surface area contributed by atoms with Crippen molar-refractivity contribution in [3.05, 3.63) is 83.4 Å². The van der Waals surface area contributed by atoms with Crippen LogP contribution in [0.25, 0.3) is 10.8 Å². The van der Waals surface area contributed by atoms with Crippen LogP contribution in [0.3, 0.4) is 0 Å². The molecule has 0 saturated carbocycles. The summed E-state index contributed by atoms with van der Waals surface area (Å²) in [5.41, 5.74) is 1.25. The van der Waals surface area contributed by atoms with Crippen molar-refractivity contribution in [1.29, 1.82) is 0 Å². The van der Waals surface area contributed by atoms with Crippen LogP contribution in [0, 0.1) is 5.92 Å². The van der Waals surface area contributed by atoms with Crippen LogP contribution in [0.2, 0.25) is 0 Å². The molecule has 0 aliphatic carbocycles. The molecule has 3 atom stereocenters. The van der Waals surface area contributed by atoms with E-state index in [9.17, 15) is 29.1 Å². The molecule has 3 aromatic carbocycles. The Morgan fingerprint density at radius 2 is 1.52 bits per heavy atom. The standard InChI is InChI=1S/C32H34N4O6/c1-19(2)16-26(31(40)35-15-13-33-28(37)27(35)20-8-4-3-5-9-20)34-25(32(41)42)12-14-36-29(38)23-17-21-10-6-7-11-22(21)18-24(23)30(36)39/h3-11,17-19,25-27,34H,12-16H2,1-2H3,(H,33,37)(H,41,42)/t25-,26+,27?/m1/s1. The van der Waals surface area contributed by atoms with Crippen molar-refractivity contribution in [3.63, 3.8) is 0 Å². The highest BCUT2D eigenvalue weighted by Crippen LogP contribution is 2.29. The highest BCUT2D eigenvalue weighted by atomic mass is 16.4. The Labute approximate surface area is 243 Å². The molecule has 5 rings (SSSR count). The lowest BCUT2D eigenvalue weighted by molar-refractivity contribution is -0.147. The number of carboxylic acids is 1. The fourth-order valence-electron chi connectivity index (χ4n) is 5.74. The summed E-state index contributed by atoms with van der Waals surface area (Å²) >= 11 is 0. The van der Waals surface area contributed by atoms with E-state index >= 15 is 0 Å². The van der Waals surface area contributed by atoms with Crippen molar-refractivity contribution in [1.82, 2.24) is 20.4 Å². The Kier molecular flexibility index (Phi) is 8.35. The fraction of sp³-hybridized carbons (Fsp3) is 0.344. The molecule has 1 unspecified atom stereocenters. The van der Waals surface area contributed by atoms with E-state index in [4.69, 9.17) is 0 Å². The molecule has 2 aliphatic heterocycles. The van der Waals surface area contributed by atoms with Gasteiger partial charge in [0.2, 0.25) is 11.8 Å². The third-order valence-corrected chi connectivity index (χ3v) is 7.79. The first-order chi connectivity index (χ1) is 20.2. The Bertz CT molecular complexity index is 1480. The van der Waals surface area contributed by atoms with Crippen molar-refractivity contribution in [2.75, 3.05) is 19.6 Å². The van der Waals surface area contributed by atoms with Crippen LogP contribution in [0.15, 0.2) is 66.7 Å². The monoisotopic (exact) mass is 570 g/mol. The number of hydrogen-bond acceptors (Lipinski definition) is 6. The predicted molar refractivity (Wildman–Crippen MR) is 156 cm³/mol. The Balaban J connectivity index is 1.33. The Morgan fingerprint density at radius 3 is 2.10 bits per heavy atom. The topological polar surface area (TPSA) is 136 Å². The summed E-state index contributed by atoms with van der Waals surface area (Å²) in [6, 6.07) is 16.9. The zero-order valence-electron chi connectivity index (χ0n) is 23.6. The normalized spacial score (nSPS) is 18.3. The number of carbonyl (C=O) groups is 5. The van der Waals surface area contributed by atoms with Gasteiger partial charge in [-0.15, -0.1) is 0 Å². The van der Waals surface area contributed by atoms with E-state index in [1.54, 1.807) is 36.4 Å². The number of imide groups is 1. The second-order valence-corrected chi connectivity index (χ2v) is 11.2. The number of amides is 4. The number of rotatable bonds is 10. The van der Waals surface area contributed by atoms with Gasteiger partial charge in [0.05, 0.1) is 17.2 Å².